The maximum absolute atomic E-state index is 12.4. The summed E-state index contributed by atoms with van der Waals surface area (Å²) < 4.78 is 0. The van der Waals surface area contributed by atoms with Crippen molar-refractivity contribution in [1.82, 2.24) is 15.5 Å². The number of benzene rings is 1. The minimum absolute atomic E-state index is 0. The number of anilines is 1. The second-order valence-corrected chi connectivity index (χ2v) is 8.38. The van der Waals surface area contributed by atoms with Crippen LogP contribution in [0.25, 0.3) is 0 Å². The predicted molar refractivity (Wildman–Crippen MR) is 136 cm³/mol. The Morgan fingerprint density at radius 2 is 1.84 bits per heavy atom. The molecule has 2 aliphatic rings. The van der Waals surface area contributed by atoms with Crippen LogP contribution >= 0.6 is 24.0 Å². The van der Waals surface area contributed by atoms with E-state index in [1.165, 1.54) is 0 Å². The van der Waals surface area contributed by atoms with Gasteiger partial charge in [-0.1, -0.05) is 25.0 Å². The molecule has 1 aromatic rings. The second-order valence-electron chi connectivity index (χ2n) is 8.38. The summed E-state index contributed by atoms with van der Waals surface area (Å²) in [5.74, 6) is 1.76. The van der Waals surface area contributed by atoms with Gasteiger partial charge in [-0.2, -0.15) is 0 Å². The number of hydrogen-bond donors (Lipinski definition) is 3. The smallest absolute Gasteiger partial charge is 0.227 e. The molecular formula is C23H36IN5O2. The highest BCUT2D eigenvalue weighted by molar-refractivity contribution is 14.0. The Labute approximate surface area is 202 Å². The molecule has 0 spiro atoms. The Balaban J connectivity index is 0.00000341. The van der Waals surface area contributed by atoms with Crippen LogP contribution in [0.15, 0.2) is 29.3 Å². The molecule has 8 heteroatoms. The number of guanidine groups is 1. The number of likely N-dealkylation sites (tertiary alicyclic amines) is 1. The second kappa shape index (κ2) is 12.9. The van der Waals surface area contributed by atoms with Crippen LogP contribution < -0.4 is 16.0 Å². The fourth-order valence-corrected chi connectivity index (χ4v) is 4.42. The lowest BCUT2D eigenvalue weighted by atomic mass is 9.93. The number of carbonyl (C=O) groups excluding carboxylic acids is 2. The van der Waals surface area contributed by atoms with Gasteiger partial charge in [-0.05, 0) is 49.3 Å². The molecule has 1 saturated heterocycles. The van der Waals surface area contributed by atoms with Gasteiger partial charge >= 0.3 is 0 Å². The zero-order valence-corrected chi connectivity index (χ0v) is 21.0. The van der Waals surface area contributed by atoms with Crippen molar-refractivity contribution in [2.45, 2.75) is 51.5 Å². The van der Waals surface area contributed by atoms with Crippen LogP contribution in [-0.2, 0) is 16.1 Å². The van der Waals surface area contributed by atoms with E-state index in [1.54, 1.807) is 14.1 Å². The number of nitrogens with one attached hydrogen (secondary N) is 3. The molecule has 0 aromatic heterocycles. The molecule has 7 nitrogen and oxygen atoms in total. The van der Waals surface area contributed by atoms with Crippen LogP contribution in [0.3, 0.4) is 0 Å². The number of piperidine rings is 1. The normalized spacial score (nSPS) is 17.7. The third-order valence-electron chi connectivity index (χ3n) is 6.25. The maximum atomic E-state index is 12.4. The molecule has 1 aliphatic carbocycles. The Morgan fingerprint density at radius 1 is 1.13 bits per heavy atom. The highest BCUT2D eigenvalue weighted by Gasteiger charge is 2.24. The van der Waals surface area contributed by atoms with E-state index in [9.17, 15) is 9.59 Å². The quantitative estimate of drug-likeness (QED) is 0.293. The van der Waals surface area contributed by atoms with Crippen molar-refractivity contribution in [1.29, 1.82) is 0 Å². The van der Waals surface area contributed by atoms with Gasteiger partial charge in [-0.3, -0.25) is 14.6 Å². The Kier molecular flexibility index (Phi) is 10.6. The molecule has 1 saturated carbocycles. The van der Waals surface area contributed by atoms with E-state index in [1.807, 2.05) is 18.2 Å². The third-order valence-corrected chi connectivity index (χ3v) is 6.25. The van der Waals surface area contributed by atoms with Gasteiger partial charge in [0.25, 0.3) is 0 Å². The van der Waals surface area contributed by atoms with Crippen molar-refractivity contribution in [3.8, 4) is 0 Å². The summed E-state index contributed by atoms with van der Waals surface area (Å²) in [4.78, 5) is 30.7. The number of nitrogens with zero attached hydrogens (tertiary/aromatic N) is 2. The first-order chi connectivity index (χ1) is 14.6. The summed E-state index contributed by atoms with van der Waals surface area (Å²) in [6.45, 7) is 2.45. The third kappa shape index (κ3) is 7.66. The van der Waals surface area contributed by atoms with Gasteiger partial charge in [0.15, 0.2) is 5.96 Å². The fourth-order valence-electron chi connectivity index (χ4n) is 4.42. The Bertz CT molecular complexity index is 756. The molecular weight excluding hydrogens is 505 g/mol. The summed E-state index contributed by atoms with van der Waals surface area (Å²) in [5, 5.41) is 9.23. The highest BCUT2D eigenvalue weighted by Crippen LogP contribution is 2.26. The van der Waals surface area contributed by atoms with Gasteiger partial charge in [0, 0.05) is 51.8 Å². The number of hydrogen-bond acceptors (Lipinski definition) is 3. The molecule has 172 valence electrons. The van der Waals surface area contributed by atoms with Crippen LogP contribution in [0, 0.1) is 11.8 Å². The average Bonchev–Trinajstić information content (AvgIpc) is 3.30. The first kappa shape index (κ1) is 25.4. The minimum Gasteiger partial charge on any atom is -0.359 e. The van der Waals surface area contributed by atoms with Crippen molar-refractivity contribution in [3.63, 3.8) is 0 Å². The summed E-state index contributed by atoms with van der Waals surface area (Å²) >= 11 is 0. The van der Waals surface area contributed by atoms with Crippen molar-refractivity contribution < 1.29 is 9.59 Å². The molecule has 2 amide bonds. The van der Waals surface area contributed by atoms with Crippen LogP contribution in [0.1, 0.15) is 50.5 Å². The number of halogens is 1. The van der Waals surface area contributed by atoms with Gasteiger partial charge in [-0.15, -0.1) is 24.0 Å². The van der Waals surface area contributed by atoms with E-state index in [0.717, 1.165) is 68.8 Å². The molecule has 0 unspecified atom stereocenters. The summed E-state index contributed by atoms with van der Waals surface area (Å²) in [5.41, 5.74) is 1.96. The van der Waals surface area contributed by atoms with Crippen LogP contribution in [0.2, 0.25) is 0 Å². The van der Waals surface area contributed by atoms with Crippen molar-refractivity contribution >= 4 is 47.4 Å². The Hall–Kier alpha value is -1.84. The summed E-state index contributed by atoms with van der Waals surface area (Å²) in [7, 11) is 3.50. The zero-order valence-electron chi connectivity index (χ0n) is 18.7. The number of aliphatic imine (C=N–C) groups is 1. The molecule has 2 fully saturated rings. The SMILES string of the molecule is CN=C(NCc1cccc(NC(=O)C2CCCC2)c1)N1CCC(CC(=O)NC)CC1.I. The molecule has 31 heavy (non-hydrogen) atoms. The van der Waals surface area contributed by atoms with Gasteiger partial charge in [0.05, 0.1) is 0 Å². The first-order valence-electron chi connectivity index (χ1n) is 11.1. The van der Waals surface area contributed by atoms with Gasteiger partial charge in [0.2, 0.25) is 11.8 Å². The van der Waals surface area contributed by atoms with Crippen LogP contribution in [0.4, 0.5) is 5.69 Å². The zero-order chi connectivity index (χ0) is 21.3. The van der Waals surface area contributed by atoms with Crippen molar-refractivity contribution in [3.05, 3.63) is 29.8 Å². The Morgan fingerprint density at radius 3 is 2.48 bits per heavy atom. The molecule has 1 heterocycles. The fraction of sp³-hybridized carbons (Fsp3) is 0.609. The lowest BCUT2D eigenvalue weighted by Crippen LogP contribution is -2.45. The topological polar surface area (TPSA) is 85.8 Å². The first-order valence-corrected chi connectivity index (χ1v) is 11.1. The maximum Gasteiger partial charge on any atom is 0.227 e. The van der Waals surface area contributed by atoms with Crippen LogP contribution in [-0.4, -0.2) is 49.9 Å². The van der Waals surface area contributed by atoms with E-state index in [-0.39, 0.29) is 41.7 Å². The summed E-state index contributed by atoms with van der Waals surface area (Å²) in [6.07, 6.45) is 6.92. The lowest BCUT2D eigenvalue weighted by Gasteiger charge is -2.34. The van der Waals surface area contributed by atoms with E-state index in [0.29, 0.717) is 18.9 Å². The van der Waals surface area contributed by atoms with E-state index in [2.05, 4.69) is 31.9 Å². The number of rotatable bonds is 6. The minimum atomic E-state index is 0. The number of amides is 2. The standard InChI is InChI=1S/C23H35N5O2.HI/c1-24-21(29)15-17-10-12-28(13-11-17)23(25-2)26-16-18-6-5-9-20(14-18)27-22(30)19-7-3-4-8-19;/h5-6,9,14,17,19H,3-4,7-8,10-13,15-16H2,1-2H3,(H,24,29)(H,25,26)(H,27,30);1H. The van der Waals surface area contributed by atoms with Crippen molar-refractivity contribution in [2.75, 3.05) is 32.5 Å². The van der Waals surface area contributed by atoms with E-state index in [4.69, 9.17) is 0 Å². The number of carbonyl (C=O) groups is 2. The lowest BCUT2D eigenvalue weighted by molar-refractivity contribution is -0.122. The largest absolute Gasteiger partial charge is 0.359 e. The molecule has 3 rings (SSSR count). The van der Waals surface area contributed by atoms with E-state index < -0.39 is 0 Å². The molecule has 0 radical (unpaired) electrons. The van der Waals surface area contributed by atoms with Gasteiger partial charge in [-0.25, -0.2) is 0 Å². The molecule has 1 aliphatic heterocycles. The molecule has 1 aromatic carbocycles. The summed E-state index contributed by atoms with van der Waals surface area (Å²) in [6, 6.07) is 8.01. The highest BCUT2D eigenvalue weighted by atomic mass is 127. The predicted octanol–water partition coefficient (Wildman–Crippen LogP) is 3.36. The van der Waals surface area contributed by atoms with E-state index >= 15 is 0 Å². The molecule has 3 N–H and O–H groups in total. The van der Waals surface area contributed by atoms with Crippen molar-refractivity contribution in [2.24, 2.45) is 16.8 Å². The molecule has 0 bridgehead atoms. The van der Waals surface area contributed by atoms with Gasteiger partial charge < -0.3 is 20.9 Å². The molecule has 0 atom stereocenters. The average molecular weight is 541 g/mol. The van der Waals surface area contributed by atoms with Gasteiger partial charge in [0.1, 0.15) is 0 Å². The van der Waals surface area contributed by atoms with Crippen LogP contribution in [0.5, 0.6) is 0 Å². The monoisotopic (exact) mass is 541 g/mol.